The molecular weight excluding hydrogens is 1530 g/mol. The van der Waals surface area contributed by atoms with Gasteiger partial charge in [0.05, 0.1) is 63.9 Å². The molecule has 0 aliphatic carbocycles. The van der Waals surface area contributed by atoms with Crippen LogP contribution >= 0.6 is 0 Å². The summed E-state index contributed by atoms with van der Waals surface area (Å²) in [5, 5.41) is 10.6. The van der Waals surface area contributed by atoms with Crippen LogP contribution in [0.1, 0.15) is 38.5 Å². The minimum Gasteiger partial charge on any atom is -0.465 e. The predicted molar refractivity (Wildman–Crippen MR) is 188 cm³/mol. The van der Waals surface area contributed by atoms with E-state index in [1.54, 1.807) is 0 Å². The molecular formula is C37H19F51O7. The minimum atomic E-state index is -9.30. The molecule has 1 N–H and O–H groups in total. The summed E-state index contributed by atoms with van der Waals surface area (Å²) in [7, 11) is 0. The van der Waals surface area contributed by atoms with Gasteiger partial charge >= 0.3 is 161 Å². The lowest BCUT2D eigenvalue weighted by atomic mass is 9.88. The number of ether oxygens (including phenoxy) is 3. The third kappa shape index (κ3) is 13.8. The molecule has 0 aromatic carbocycles. The molecule has 0 fully saturated rings. The van der Waals surface area contributed by atoms with E-state index in [0.29, 0.717) is 0 Å². The van der Waals surface area contributed by atoms with Crippen LogP contribution in [0.3, 0.4) is 0 Å². The van der Waals surface area contributed by atoms with Crippen molar-refractivity contribution >= 4 is 17.9 Å². The molecule has 0 heterocycles. The molecule has 7 nitrogen and oxygen atoms in total. The zero-order valence-electron chi connectivity index (χ0n) is 42.5. The van der Waals surface area contributed by atoms with Crippen molar-refractivity contribution in [1.29, 1.82) is 0 Å². The van der Waals surface area contributed by atoms with Gasteiger partial charge in [-0.3, -0.25) is 14.4 Å². The van der Waals surface area contributed by atoms with E-state index in [4.69, 9.17) is 0 Å². The average Bonchev–Trinajstić information content (AvgIpc) is 0.709. The van der Waals surface area contributed by atoms with Gasteiger partial charge in [-0.2, -0.15) is 224 Å². The third-order valence-electron chi connectivity index (χ3n) is 11.8. The van der Waals surface area contributed by atoms with Gasteiger partial charge in [0.1, 0.15) is 0 Å². The van der Waals surface area contributed by atoms with Crippen molar-refractivity contribution in [2.45, 2.75) is 187 Å². The number of rotatable bonds is 33. The summed E-state index contributed by atoms with van der Waals surface area (Å²) >= 11 is 0. The Morgan fingerprint density at radius 2 is 0.316 bits per heavy atom. The number of alkyl halides is 51. The van der Waals surface area contributed by atoms with Crippen LogP contribution in [0.5, 0.6) is 0 Å². The molecule has 0 aliphatic heterocycles. The van der Waals surface area contributed by atoms with Crippen molar-refractivity contribution in [2.75, 3.05) is 19.8 Å². The standard InChI is InChI=1S/C37H19F51O7/c38-14(39,17(44,45)20(50,51)23(56,57)26(62,63)29(68,69)32(74,75)35(80,81)82)1-4-93-10(89)7-13(92,8-11(90)94-5-2-15(40,41)18(46,47)21(52,53)24(58,59)27(64,65)30(70,71)33(76,77)36(83,84)85)9-12(91)95-6-3-16(42,43)19(48,49)22(54,55)25(60,61)28(66,67)31(72,73)34(78,79)37(86,87)88/h92H,1-9H2. The Balaban J connectivity index is 7.41. The number of aliphatic hydroxyl groups is 1. The van der Waals surface area contributed by atoms with Crippen molar-refractivity contribution < 1.29 is 258 Å². The first-order chi connectivity index (χ1) is 40.6. The Kier molecular flexibility index (Phi) is 23.5. The van der Waals surface area contributed by atoms with Gasteiger partial charge in [0.25, 0.3) is 0 Å². The monoisotopic (exact) mass is 1540 g/mol. The molecule has 0 radical (unpaired) electrons. The maximum atomic E-state index is 14.3. The Labute approximate surface area is 483 Å². The van der Waals surface area contributed by atoms with Gasteiger partial charge < -0.3 is 19.3 Å². The van der Waals surface area contributed by atoms with Gasteiger partial charge in [0, 0.05) is 0 Å². The van der Waals surface area contributed by atoms with Crippen LogP contribution in [0.2, 0.25) is 0 Å². The normalized spacial score (nSPS) is 16.3. The van der Waals surface area contributed by atoms with E-state index in [1.807, 2.05) is 0 Å². The molecule has 0 saturated heterocycles. The zero-order chi connectivity index (χ0) is 77.7. The topological polar surface area (TPSA) is 99.1 Å². The summed E-state index contributed by atoms with van der Waals surface area (Å²) in [4.78, 5) is 36.9. The smallest absolute Gasteiger partial charge is 0.460 e. The Morgan fingerprint density at radius 1 is 0.200 bits per heavy atom. The lowest BCUT2D eigenvalue weighted by molar-refractivity contribution is -0.461. The minimum absolute atomic E-state index is 3.04. The van der Waals surface area contributed by atoms with Crippen LogP contribution in [-0.4, -0.2) is 191 Å². The van der Waals surface area contributed by atoms with E-state index in [2.05, 4.69) is 14.2 Å². The first-order valence-corrected chi connectivity index (χ1v) is 21.9. The summed E-state index contributed by atoms with van der Waals surface area (Å²) in [6.07, 6.45) is -45.5. The van der Waals surface area contributed by atoms with Crippen molar-refractivity contribution in [1.82, 2.24) is 0 Å². The fraction of sp³-hybridized carbons (Fsp3) is 0.919. The molecule has 0 saturated carbocycles. The van der Waals surface area contributed by atoms with Gasteiger partial charge in [0.2, 0.25) is 0 Å². The number of hydrogen-bond acceptors (Lipinski definition) is 7. The number of carbonyl (C=O) groups is 3. The van der Waals surface area contributed by atoms with E-state index >= 15 is 0 Å². The Hall–Kier alpha value is -5.20. The van der Waals surface area contributed by atoms with E-state index in [-0.39, 0.29) is 0 Å². The number of hydrogen-bond donors (Lipinski definition) is 1. The van der Waals surface area contributed by atoms with Crippen molar-refractivity contribution in [2.24, 2.45) is 0 Å². The summed E-state index contributed by atoms with van der Waals surface area (Å²) in [5.74, 6) is -195. The summed E-state index contributed by atoms with van der Waals surface area (Å²) in [6, 6.07) is 0. The second-order valence-electron chi connectivity index (χ2n) is 18.6. The molecule has 95 heavy (non-hydrogen) atoms. The maximum absolute atomic E-state index is 14.3. The van der Waals surface area contributed by atoms with E-state index in [9.17, 15) is 243 Å². The lowest BCUT2D eigenvalue weighted by Gasteiger charge is -2.42. The summed E-state index contributed by atoms with van der Waals surface area (Å²) in [5.41, 5.74) is -4.68. The van der Waals surface area contributed by atoms with E-state index < -0.39 is 225 Å². The molecule has 0 aliphatic rings. The Morgan fingerprint density at radius 3 is 0.442 bits per heavy atom. The number of esters is 3. The van der Waals surface area contributed by atoms with Gasteiger partial charge in [-0.15, -0.1) is 0 Å². The molecule has 0 aromatic heterocycles. The first kappa shape index (κ1) is 89.8. The molecule has 0 atom stereocenters. The van der Waals surface area contributed by atoms with Crippen molar-refractivity contribution in [3.05, 3.63) is 0 Å². The summed E-state index contributed by atoms with van der Waals surface area (Å²) < 4.78 is 702. The van der Waals surface area contributed by atoms with Crippen LogP contribution in [0.15, 0.2) is 0 Å². The molecule has 58 heteroatoms. The summed E-state index contributed by atoms with van der Waals surface area (Å²) in [6.45, 7) is -9.60. The highest BCUT2D eigenvalue weighted by Gasteiger charge is 2.98. The third-order valence-corrected chi connectivity index (χ3v) is 11.8. The Bertz CT molecular complexity index is 2410. The van der Waals surface area contributed by atoms with Gasteiger partial charge in [-0.1, -0.05) is 0 Å². The zero-order valence-corrected chi connectivity index (χ0v) is 42.5. The van der Waals surface area contributed by atoms with Gasteiger partial charge in [0.15, 0.2) is 0 Å². The molecule has 0 rings (SSSR count). The fourth-order valence-electron chi connectivity index (χ4n) is 6.09. The molecule has 0 bridgehead atoms. The fourth-order valence-corrected chi connectivity index (χ4v) is 6.09. The van der Waals surface area contributed by atoms with Crippen molar-refractivity contribution in [3.63, 3.8) is 0 Å². The van der Waals surface area contributed by atoms with Gasteiger partial charge in [-0.05, 0) is 0 Å². The van der Waals surface area contributed by atoms with Crippen LogP contribution in [0.4, 0.5) is 224 Å². The molecule has 0 spiro atoms. The number of halogens is 51. The number of carbonyl (C=O) groups excluding carboxylic acids is 3. The van der Waals surface area contributed by atoms with E-state index in [0.717, 1.165) is 0 Å². The average molecular weight is 1540 g/mol. The second-order valence-corrected chi connectivity index (χ2v) is 18.6. The van der Waals surface area contributed by atoms with Crippen LogP contribution in [0, 0.1) is 0 Å². The quantitative estimate of drug-likeness (QED) is 0.0397. The molecule has 0 aromatic rings. The molecule has 566 valence electrons. The van der Waals surface area contributed by atoms with E-state index in [1.165, 1.54) is 0 Å². The lowest BCUT2D eigenvalue weighted by Crippen LogP contribution is -2.74. The van der Waals surface area contributed by atoms with Crippen LogP contribution in [-0.2, 0) is 28.6 Å². The highest BCUT2D eigenvalue weighted by molar-refractivity contribution is 5.78. The van der Waals surface area contributed by atoms with Crippen LogP contribution < -0.4 is 0 Å². The highest BCUT2D eigenvalue weighted by Crippen LogP contribution is 2.68. The highest BCUT2D eigenvalue weighted by atomic mass is 19.5. The second kappa shape index (κ2) is 24.9. The van der Waals surface area contributed by atoms with Gasteiger partial charge in [-0.25, -0.2) is 0 Å². The largest absolute Gasteiger partial charge is 0.465 e. The first-order valence-electron chi connectivity index (χ1n) is 21.9. The maximum Gasteiger partial charge on any atom is 0.460 e. The predicted octanol–water partition coefficient (Wildman–Crippen LogP) is 16.7. The molecule has 0 amide bonds. The SMILES string of the molecule is O=C(CC(O)(CC(=O)OCCC(F)(F)C(F)(F)C(F)(F)C(F)(F)C(F)(F)C(F)(F)C(F)(F)C(F)(F)F)CC(=O)OCCC(F)(F)C(F)(F)C(F)(F)C(F)(F)C(F)(F)C(F)(F)C(F)(F)C(F)(F)F)OCCC(F)(F)C(F)(F)C(F)(F)C(F)(F)C(F)(F)C(F)(F)C(F)(F)C(F)(F)F. The molecule has 0 unspecified atom stereocenters. The van der Waals surface area contributed by atoms with Crippen molar-refractivity contribution in [3.8, 4) is 0 Å². The van der Waals surface area contributed by atoms with Crippen LogP contribution in [0.25, 0.3) is 0 Å².